The van der Waals surface area contributed by atoms with Crippen molar-refractivity contribution in [1.29, 1.82) is 0 Å². The van der Waals surface area contributed by atoms with Gasteiger partial charge >= 0.3 is 0 Å². The van der Waals surface area contributed by atoms with Crippen LogP contribution in [0.5, 0.6) is 0 Å². The number of hydrogen-bond acceptors (Lipinski definition) is 5. The maximum Gasteiger partial charge on any atom is 0.191 e. The van der Waals surface area contributed by atoms with E-state index in [-0.39, 0.29) is 0 Å². The lowest BCUT2D eigenvalue weighted by Gasteiger charge is -2.31. The minimum atomic E-state index is 0.293. The molecule has 7 heteroatoms. The van der Waals surface area contributed by atoms with Gasteiger partial charge in [-0.2, -0.15) is 0 Å². The molecule has 1 saturated heterocycles. The van der Waals surface area contributed by atoms with Crippen LogP contribution in [0.25, 0.3) is 0 Å². The Kier molecular flexibility index (Phi) is 8.38. The zero-order valence-electron chi connectivity index (χ0n) is 16.7. The van der Waals surface area contributed by atoms with E-state index >= 15 is 0 Å². The van der Waals surface area contributed by atoms with Crippen molar-refractivity contribution >= 4 is 17.3 Å². The predicted octanol–water partition coefficient (Wildman–Crippen LogP) is 2.25. The molecule has 0 aromatic carbocycles. The van der Waals surface area contributed by atoms with Crippen LogP contribution in [0.2, 0.25) is 0 Å². The molecule has 2 N–H and O–H groups in total. The van der Waals surface area contributed by atoms with Crippen LogP contribution in [0, 0.1) is 0 Å². The first-order valence-electron chi connectivity index (χ1n) is 10.3. The molecule has 0 aliphatic carbocycles. The Labute approximate surface area is 167 Å². The van der Waals surface area contributed by atoms with Crippen LogP contribution in [0.1, 0.15) is 37.1 Å². The zero-order chi connectivity index (χ0) is 18.9. The van der Waals surface area contributed by atoms with E-state index in [1.165, 1.54) is 12.0 Å². The van der Waals surface area contributed by atoms with Crippen molar-refractivity contribution in [3.8, 4) is 0 Å². The SMILES string of the molecule is CCNC(=NCC(C)N1CCc2sccc2C1)NCCCOC1CCOC1. The van der Waals surface area contributed by atoms with Crippen LogP contribution in [0.3, 0.4) is 0 Å². The largest absolute Gasteiger partial charge is 0.379 e. The molecule has 2 aliphatic rings. The Morgan fingerprint density at radius 2 is 2.41 bits per heavy atom. The van der Waals surface area contributed by atoms with Crippen LogP contribution >= 0.6 is 11.3 Å². The van der Waals surface area contributed by atoms with Gasteiger partial charge < -0.3 is 20.1 Å². The summed E-state index contributed by atoms with van der Waals surface area (Å²) in [4.78, 5) is 8.90. The van der Waals surface area contributed by atoms with Gasteiger partial charge in [-0.3, -0.25) is 9.89 Å². The third kappa shape index (κ3) is 6.45. The van der Waals surface area contributed by atoms with Crippen molar-refractivity contribution in [2.75, 3.05) is 46.0 Å². The summed E-state index contributed by atoms with van der Waals surface area (Å²) >= 11 is 1.89. The lowest BCUT2D eigenvalue weighted by atomic mass is 10.1. The minimum absolute atomic E-state index is 0.293. The monoisotopic (exact) mass is 394 g/mol. The van der Waals surface area contributed by atoms with Gasteiger partial charge in [0.1, 0.15) is 0 Å². The van der Waals surface area contributed by atoms with Gasteiger partial charge in [-0.05, 0) is 50.1 Å². The number of guanidine groups is 1. The average molecular weight is 395 g/mol. The fourth-order valence-electron chi connectivity index (χ4n) is 3.50. The molecule has 27 heavy (non-hydrogen) atoms. The van der Waals surface area contributed by atoms with Crippen molar-refractivity contribution in [2.45, 2.75) is 51.8 Å². The van der Waals surface area contributed by atoms with Gasteiger partial charge in [-0.15, -0.1) is 11.3 Å². The average Bonchev–Trinajstić information content (AvgIpc) is 3.36. The van der Waals surface area contributed by atoms with E-state index in [2.05, 4.69) is 40.8 Å². The highest BCUT2D eigenvalue weighted by Crippen LogP contribution is 2.25. The summed E-state index contributed by atoms with van der Waals surface area (Å²) in [5.41, 5.74) is 1.50. The van der Waals surface area contributed by atoms with Crippen LogP contribution < -0.4 is 10.6 Å². The molecule has 1 fully saturated rings. The summed E-state index contributed by atoms with van der Waals surface area (Å²) in [6.07, 6.45) is 3.47. The smallest absolute Gasteiger partial charge is 0.191 e. The number of thiophene rings is 1. The molecule has 0 saturated carbocycles. The summed E-state index contributed by atoms with van der Waals surface area (Å²) in [6, 6.07) is 2.72. The third-order valence-electron chi connectivity index (χ3n) is 5.17. The number of hydrogen-bond donors (Lipinski definition) is 2. The first kappa shape index (κ1) is 20.6. The molecule has 2 unspecified atom stereocenters. The van der Waals surface area contributed by atoms with E-state index in [0.717, 1.165) is 71.3 Å². The van der Waals surface area contributed by atoms with Gasteiger partial charge in [0.15, 0.2) is 5.96 Å². The van der Waals surface area contributed by atoms with Crippen molar-refractivity contribution in [1.82, 2.24) is 15.5 Å². The van der Waals surface area contributed by atoms with E-state index < -0.39 is 0 Å². The summed E-state index contributed by atoms with van der Waals surface area (Å²) in [6.45, 7) is 11.5. The number of rotatable bonds is 9. The summed E-state index contributed by atoms with van der Waals surface area (Å²) < 4.78 is 11.1. The quantitative estimate of drug-likeness (QED) is 0.382. The lowest BCUT2D eigenvalue weighted by Crippen LogP contribution is -2.41. The van der Waals surface area contributed by atoms with E-state index in [1.54, 1.807) is 4.88 Å². The second-order valence-electron chi connectivity index (χ2n) is 7.29. The number of aliphatic imine (C=N–C) groups is 1. The molecule has 2 aliphatic heterocycles. The van der Waals surface area contributed by atoms with Gasteiger partial charge in [-0.25, -0.2) is 0 Å². The first-order chi connectivity index (χ1) is 13.3. The van der Waals surface area contributed by atoms with Crippen molar-refractivity contribution in [3.63, 3.8) is 0 Å². The second-order valence-corrected chi connectivity index (χ2v) is 8.30. The Hall–Kier alpha value is -1.15. The number of ether oxygens (including phenoxy) is 2. The predicted molar refractivity (Wildman–Crippen MR) is 112 cm³/mol. The second kappa shape index (κ2) is 11.0. The van der Waals surface area contributed by atoms with Crippen molar-refractivity contribution in [2.24, 2.45) is 4.99 Å². The molecule has 1 aromatic heterocycles. The van der Waals surface area contributed by atoms with Crippen LogP contribution in [-0.4, -0.2) is 69.0 Å². The molecule has 6 nitrogen and oxygen atoms in total. The standard InChI is InChI=1S/C20H34N4O2S/c1-3-21-20(22-8-4-10-26-18-6-11-25-15-18)23-13-16(2)24-9-5-19-17(14-24)7-12-27-19/h7,12,16,18H,3-6,8-11,13-15H2,1-2H3,(H2,21,22,23). The molecule has 2 atom stereocenters. The normalized spacial score (nSPS) is 21.9. The fraction of sp³-hybridized carbons (Fsp3) is 0.750. The molecular weight excluding hydrogens is 360 g/mol. The first-order valence-corrected chi connectivity index (χ1v) is 11.1. The molecular formula is C20H34N4O2S. The topological polar surface area (TPSA) is 58.1 Å². The summed E-state index contributed by atoms with van der Waals surface area (Å²) in [5.74, 6) is 0.904. The van der Waals surface area contributed by atoms with Gasteiger partial charge in [0.05, 0.1) is 19.3 Å². The highest BCUT2D eigenvalue weighted by atomic mass is 32.1. The zero-order valence-corrected chi connectivity index (χ0v) is 17.5. The van der Waals surface area contributed by atoms with E-state index in [4.69, 9.17) is 14.5 Å². The molecule has 0 bridgehead atoms. The highest BCUT2D eigenvalue weighted by Gasteiger charge is 2.21. The Morgan fingerprint density at radius 3 is 3.22 bits per heavy atom. The van der Waals surface area contributed by atoms with Gasteiger partial charge in [-0.1, -0.05) is 0 Å². The van der Waals surface area contributed by atoms with Gasteiger partial charge in [0.25, 0.3) is 0 Å². The summed E-state index contributed by atoms with van der Waals surface area (Å²) in [5, 5.41) is 8.99. The van der Waals surface area contributed by atoms with E-state index in [1.807, 2.05) is 11.3 Å². The molecule has 0 radical (unpaired) electrons. The molecule has 0 amide bonds. The van der Waals surface area contributed by atoms with Crippen LogP contribution in [0.4, 0.5) is 0 Å². The molecule has 3 rings (SSSR count). The number of fused-ring (bicyclic) bond motifs is 1. The maximum atomic E-state index is 5.81. The number of nitrogens with zero attached hydrogens (tertiary/aromatic N) is 2. The molecule has 152 valence electrons. The maximum absolute atomic E-state index is 5.81. The molecule has 3 heterocycles. The van der Waals surface area contributed by atoms with E-state index in [9.17, 15) is 0 Å². The lowest BCUT2D eigenvalue weighted by molar-refractivity contribution is 0.0420. The Morgan fingerprint density at radius 1 is 1.48 bits per heavy atom. The Bertz CT molecular complexity index is 586. The van der Waals surface area contributed by atoms with Crippen LogP contribution in [-0.2, 0) is 22.4 Å². The third-order valence-corrected chi connectivity index (χ3v) is 6.20. The Balaban J connectivity index is 1.37. The van der Waals surface area contributed by atoms with Crippen LogP contribution in [0.15, 0.2) is 16.4 Å². The highest BCUT2D eigenvalue weighted by molar-refractivity contribution is 7.10. The van der Waals surface area contributed by atoms with Gasteiger partial charge in [0.2, 0.25) is 0 Å². The van der Waals surface area contributed by atoms with Gasteiger partial charge in [0, 0.05) is 50.3 Å². The summed E-state index contributed by atoms with van der Waals surface area (Å²) in [7, 11) is 0. The van der Waals surface area contributed by atoms with Crippen molar-refractivity contribution < 1.29 is 9.47 Å². The van der Waals surface area contributed by atoms with Crippen molar-refractivity contribution in [3.05, 3.63) is 21.9 Å². The van der Waals surface area contributed by atoms with E-state index in [0.29, 0.717) is 12.1 Å². The number of nitrogens with one attached hydrogen (secondary N) is 2. The molecule has 1 aromatic rings. The molecule has 0 spiro atoms. The minimum Gasteiger partial charge on any atom is -0.379 e. The fourth-order valence-corrected chi connectivity index (χ4v) is 4.39.